The maximum absolute atomic E-state index is 9.76. The number of rotatable bonds is 4. The van der Waals surface area contributed by atoms with Crippen molar-refractivity contribution in [1.29, 1.82) is 0 Å². The Morgan fingerprint density at radius 1 is 0.944 bits per heavy atom. The van der Waals surface area contributed by atoms with Crippen LogP contribution < -0.4 is 10.6 Å². The van der Waals surface area contributed by atoms with E-state index in [9.17, 15) is 5.11 Å². The van der Waals surface area contributed by atoms with Gasteiger partial charge in [-0.05, 0) is 31.2 Å². The van der Waals surface area contributed by atoms with Crippen molar-refractivity contribution in [2.24, 2.45) is 0 Å². The maximum atomic E-state index is 9.76. The van der Waals surface area contributed by atoms with Crippen molar-refractivity contribution in [3.63, 3.8) is 0 Å². The molecule has 0 aliphatic carbocycles. The van der Waals surface area contributed by atoms with Gasteiger partial charge in [0.2, 0.25) is 0 Å². The van der Waals surface area contributed by atoms with Crippen LogP contribution in [0.4, 0.5) is 0 Å². The van der Waals surface area contributed by atoms with Crippen LogP contribution in [0, 0.1) is 0 Å². The van der Waals surface area contributed by atoms with Crippen LogP contribution in [0.15, 0.2) is 60.7 Å². The first kappa shape index (κ1) is 13.3. The first-order valence-corrected chi connectivity index (χ1v) is 8.13. The fraction of sp³-hybridized carbons (Fsp3) is 0.200. The third kappa shape index (κ3) is 2.83. The standard InChI is InChI=1S/C15H17BOP/c1-13(17)12-18(16,14-8-4-2-5-9-14)15-10-6-3-7-11-15/h2-11,13,17H,12H2,1H3. The van der Waals surface area contributed by atoms with Crippen molar-refractivity contribution in [2.75, 3.05) is 6.16 Å². The molecule has 1 unspecified atom stereocenters. The fourth-order valence-electron chi connectivity index (χ4n) is 2.16. The van der Waals surface area contributed by atoms with Gasteiger partial charge in [0.05, 0.1) is 6.10 Å². The molecule has 0 bridgehead atoms. The highest BCUT2D eigenvalue weighted by Crippen LogP contribution is 2.51. The van der Waals surface area contributed by atoms with Gasteiger partial charge in [0, 0.05) is 16.8 Å². The maximum Gasteiger partial charge on any atom is 0.0811 e. The van der Waals surface area contributed by atoms with E-state index >= 15 is 0 Å². The Hall–Kier alpha value is -1.11. The number of aliphatic hydroxyl groups excluding tert-OH is 1. The predicted octanol–water partition coefficient (Wildman–Crippen LogP) is 2.12. The van der Waals surface area contributed by atoms with Gasteiger partial charge in [-0.25, -0.2) is 0 Å². The van der Waals surface area contributed by atoms with Crippen LogP contribution >= 0.6 is 7.14 Å². The highest BCUT2D eigenvalue weighted by Gasteiger charge is 2.25. The first-order chi connectivity index (χ1) is 8.63. The molecule has 0 aromatic heterocycles. The number of hydrogen-bond donors (Lipinski definition) is 1. The Morgan fingerprint density at radius 2 is 1.33 bits per heavy atom. The van der Waals surface area contributed by atoms with E-state index in [1.165, 1.54) is 0 Å². The molecule has 3 radical (unpaired) electrons. The Balaban J connectivity index is 2.48. The summed E-state index contributed by atoms with van der Waals surface area (Å²) in [7, 11) is 4.71. The normalized spacial score (nSPS) is 13.3. The lowest BCUT2D eigenvalue weighted by molar-refractivity contribution is 0.219. The van der Waals surface area contributed by atoms with Crippen molar-refractivity contribution < 1.29 is 5.11 Å². The molecule has 0 aliphatic rings. The zero-order valence-electron chi connectivity index (χ0n) is 10.5. The average molecular weight is 255 g/mol. The van der Waals surface area contributed by atoms with Gasteiger partial charge in [-0.3, -0.25) is 7.57 Å². The number of aliphatic hydroxyl groups is 1. The lowest BCUT2D eigenvalue weighted by Crippen LogP contribution is -2.29. The molecule has 18 heavy (non-hydrogen) atoms. The molecule has 0 amide bonds. The van der Waals surface area contributed by atoms with Crippen LogP contribution in [-0.4, -0.2) is 24.9 Å². The highest BCUT2D eigenvalue weighted by molar-refractivity contribution is 8.08. The zero-order chi connectivity index (χ0) is 13.0. The summed E-state index contributed by atoms with van der Waals surface area (Å²) in [5.74, 6) is 0. The second-order valence-corrected chi connectivity index (χ2v) is 7.71. The molecule has 0 heterocycles. The van der Waals surface area contributed by atoms with E-state index in [1.807, 2.05) is 36.4 Å². The quantitative estimate of drug-likeness (QED) is 0.655. The molecule has 2 rings (SSSR count). The summed E-state index contributed by atoms with van der Waals surface area (Å²) in [6.45, 7) is 1.80. The summed E-state index contributed by atoms with van der Waals surface area (Å²) in [5.41, 5.74) is 0. The van der Waals surface area contributed by atoms with E-state index < -0.39 is 13.2 Å². The van der Waals surface area contributed by atoms with Crippen molar-refractivity contribution in [1.82, 2.24) is 0 Å². The summed E-state index contributed by atoms with van der Waals surface area (Å²) >= 11 is 0. The van der Waals surface area contributed by atoms with Crippen LogP contribution in [0.2, 0.25) is 0 Å². The summed E-state index contributed by atoms with van der Waals surface area (Å²) in [5, 5.41) is 12.0. The lowest BCUT2D eigenvalue weighted by atomic mass is 10.4. The van der Waals surface area contributed by atoms with E-state index in [0.29, 0.717) is 6.16 Å². The molecule has 1 atom stereocenters. The lowest BCUT2D eigenvalue weighted by Gasteiger charge is -2.37. The molecule has 0 fully saturated rings. The topological polar surface area (TPSA) is 20.2 Å². The van der Waals surface area contributed by atoms with E-state index in [1.54, 1.807) is 6.92 Å². The zero-order valence-corrected chi connectivity index (χ0v) is 11.4. The molecule has 0 saturated heterocycles. The number of benzene rings is 2. The third-order valence-corrected chi connectivity index (χ3v) is 6.53. The Bertz CT molecular complexity index is 445. The van der Waals surface area contributed by atoms with Crippen LogP contribution in [0.3, 0.4) is 0 Å². The Labute approximate surface area is 111 Å². The summed E-state index contributed by atoms with van der Waals surface area (Å²) in [6, 6.07) is 20.2. The molecule has 91 valence electrons. The molecule has 1 N–H and O–H groups in total. The molecule has 0 aliphatic heterocycles. The molecule has 3 heteroatoms. The van der Waals surface area contributed by atoms with Crippen molar-refractivity contribution in [3.8, 4) is 0 Å². The van der Waals surface area contributed by atoms with Crippen LogP contribution in [0.5, 0.6) is 0 Å². The molecule has 0 saturated carbocycles. The smallest absolute Gasteiger partial charge is 0.0811 e. The van der Waals surface area contributed by atoms with E-state index in [2.05, 4.69) is 24.3 Å². The fourth-order valence-corrected chi connectivity index (χ4v) is 5.13. The molecule has 2 aromatic rings. The average Bonchev–Trinajstić information content (AvgIpc) is 2.40. The van der Waals surface area contributed by atoms with Crippen LogP contribution in [0.1, 0.15) is 6.92 Å². The minimum absolute atomic E-state index is 0.399. The van der Waals surface area contributed by atoms with Gasteiger partial charge in [0.25, 0.3) is 0 Å². The summed E-state index contributed by atoms with van der Waals surface area (Å²) in [4.78, 5) is 0. The minimum Gasteiger partial charge on any atom is -0.390 e. The molecule has 2 aromatic carbocycles. The Kier molecular flexibility index (Phi) is 4.21. The molecular weight excluding hydrogens is 238 g/mol. The van der Waals surface area contributed by atoms with Crippen molar-refractivity contribution in [2.45, 2.75) is 13.0 Å². The minimum atomic E-state index is -1.98. The first-order valence-electron chi connectivity index (χ1n) is 6.09. The van der Waals surface area contributed by atoms with Gasteiger partial charge in [0.15, 0.2) is 0 Å². The molecule has 1 nitrogen and oxygen atoms in total. The van der Waals surface area contributed by atoms with Gasteiger partial charge >= 0.3 is 0 Å². The largest absolute Gasteiger partial charge is 0.390 e. The summed E-state index contributed by atoms with van der Waals surface area (Å²) < 4.78 is 0. The van der Waals surface area contributed by atoms with E-state index in [0.717, 1.165) is 10.6 Å². The molecule has 0 spiro atoms. The van der Waals surface area contributed by atoms with Gasteiger partial charge < -0.3 is 5.11 Å². The van der Waals surface area contributed by atoms with Crippen LogP contribution in [0.25, 0.3) is 0 Å². The van der Waals surface area contributed by atoms with Crippen LogP contribution in [-0.2, 0) is 0 Å². The second-order valence-electron chi connectivity index (χ2n) is 4.57. The predicted molar refractivity (Wildman–Crippen MR) is 81.4 cm³/mol. The van der Waals surface area contributed by atoms with Crippen molar-refractivity contribution in [3.05, 3.63) is 60.7 Å². The van der Waals surface area contributed by atoms with Gasteiger partial charge in [0.1, 0.15) is 0 Å². The third-order valence-electron chi connectivity index (χ3n) is 2.99. The van der Waals surface area contributed by atoms with Crippen molar-refractivity contribution >= 4 is 25.3 Å². The SMILES string of the molecule is [B-][P+](CC(C)O)(c1ccccc1)c1ccccc1. The Morgan fingerprint density at radius 3 is 1.67 bits per heavy atom. The van der Waals surface area contributed by atoms with Gasteiger partial charge in [-0.15, -0.1) is 0 Å². The molecular formula is C15H17BOP. The summed E-state index contributed by atoms with van der Waals surface area (Å²) in [6.07, 6.45) is 0.213. The van der Waals surface area contributed by atoms with E-state index in [-0.39, 0.29) is 0 Å². The second kappa shape index (κ2) is 5.69. The van der Waals surface area contributed by atoms with Gasteiger partial charge in [-0.2, -0.15) is 7.14 Å². The van der Waals surface area contributed by atoms with Gasteiger partial charge in [-0.1, -0.05) is 36.4 Å². The monoisotopic (exact) mass is 255 g/mol. The number of hydrogen-bond acceptors (Lipinski definition) is 1. The highest BCUT2D eigenvalue weighted by atomic mass is 31.2. The van der Waals surface area contributed by atoms with E-state index in [4.69, 9.17) is 7.57 Å².